The second-order valence-corrected chi connectivity index (χ2v) is 9.27. The smallest absolute Gasteiger partial charge is 0.159 e. The molecule has 7 unspecified atom stereocenters. The molecule has 4 aliphatic rings. The molecule has 0 radical (unpaired) electrons. The molecule has 0 aromatic carbocycles. The molecule has 22 heavy (non-hydrogen) atoms. The number of fused-ring (bicyclic) bond motifs is 3. The van der Waals surface area contributed by atoms with Crippen LogP contribution < -0.4 is 0 Å². The highest BCUT2D eigenvalue weighted by atomic mass is 16.7. The molecule has 1 aliphatic heterocycles. The topological polar surface area (TPSA) is 18.5 Å². The first-order chi connectivity index (χ1) is 10.3. The van der Waals surface area contributed by atoms with E-state index in [1.807, 2.05) is 6.08 Å². The first-order valence-corrected chi connectivity index (χ1v) is 9.29. The van der Waals surface area contributed by atoms with Crippen LogP contribution in [0.3, 0.4) is 0 Å². The summed E-state index contributed by atoms with van der Waals surface area (Å²) in [4.78, 5) is 0. The highest BCUT2D eigenvalue weighted by Crippen LogP contribution is 2.74. The van der Waals surface area contributed by atoms with E-state index in [4.69, 9.17) is 9.47 Å². The van der Waals surface area contributed by atoms with E-state index >= 15 is 0 Å². The average Bonchev–Trinajstić information content (AvgIpc) is 3.01. The Bertz CT molecular complexity index is 484. The largest absolute Gasteiger partial charge is 0.346 e. The van der Waals surface area contributed by atoms with E-state index in [2.05, 4.69) is 34.3 Å². The van der Waals surface area contributed by atoms with E-state index in [1.54, 1.807) is 0 Å². The van der Waals surface area contributed by atoms with E-state index in [1.165, 1.54) is 25.7 Å². The van der Waals surface area contributed by atoms with Crippen LogP contribution in [-0.4, -0.2) is 18.0 Å². The standard InChI is InChI=1S/C20H32O2/c1-6-7-8-17-21-16-12-20-11-15(19(16,5)22-17)18(3,4)14(20)10-9-13(20)2/h6,13-17H,1,7-12H2,2-5H3. The highest BCUT2D eigenvalue weighted by molar-refractivity contribution is 5.21. The minimum Gasteiger partial charge on any atom is -0.346 e. The fraction of sp³-hybridized carbons (Fsp3) is 0.900. The van der Waals surface area contributed by atoms with Gasteiger partial charge < -0.3 is 9.47 Å². The second kappa shape index (κ2) is 4.60. The quantitative estimate of drug-likeness (QED) is 0.688. The summed E-state index contributed by atoms with van der Waals surface area (Å²) in [6.45, 7) is 13.7. The lowest BCUT2D eigenvalue weighted by Crippen LogP contribution is -2.52. The predicted octanol–water partition coefficient (Wildman–Crippen LogP) is 4.94. The molecule has 0 aromatic heterocycles. The molecule has 1 heterocycles. The van der Waals surface area contributed by atoms with Crippen molar-refractivity contribution < 1.29 is 9.47 Å². The van der Waals surface area contributed by atoms with Crippen LogP contribution in [-0.2, 0) is 9.47 Å². The van der Waals surface area contributed by atoms with Crippen LogP contribution in [0.1, 0.15) is 66.2 Å². The minimum atomic E-state index is -0.0787. The first-order valence-electron chi connectivity index (χ1n) is 9.29. The van der Waals surface area contributed by atoms with Gasteiger partial charge in [-0.25, -0.2) is 0 Å². The van der Waals surface area contributed by atoms with Crippen molar-refractivity contribution >= 4 is 0 Å². The summed E-state index contributed by atoms with van der Waals surface area (Å²) >= 11 is 0. The van der Waals surface area contributed by atoms with Crippen molar-refractivity contribution in [1.29, 1.82) is 0 Å². The summed E-state index contributed by atoms with van der Waals surface area (Å²) in [5, 5.41) is 0. The molecule has 0 amide bonds. The zero-order valence-corrected chi connectivity index (χ0v) is 14.7. The van der Waals surface area contributed by atoms with Gasteiger partial charge in [-0.2, -0.15) is 0 Å². The minimum absolute atomic E-state index is 0.0188. The van der Waals surface area contributed by atoms with Crippen molar-refractivity contribution in [3.05, 3.63) is 12.7 Å². The summed E-state index contributed by atoms with van der Waals surface area (Å²) < 4.78 is 13.0. The molecule has 4 fully saturated rings. The maximum Gasteiger partial charge on any atom is 0.159 e. The molecule has 1 spiro atoms. The molecule has 3 saturated carbocycles. The molecule has 2 heteroatoms. The molecule has 0 aromatic rings. The third-order valence-electron chi connectivity index (χ3n) is 8.15. The Morgan fingerprint density at radius 2 is 1.91 bits per heavy atom. The van der Waals surface area contributed by atoms with Gasteiger partial charge in [0.05, 0.1) is 11.7 Å². The van der Waals surface area contributed by atoms with Gasteiger partial charge in [-0.05, 0) is 67.6 Å². The number of ether oxygens (including phenoxy) is 2. The van der Waals surface area contributed by atoms with E-state index in [-0.39, 0.29) is 11.9 Å². The van der Waals surface area contributed by atoms with Crippen molar-refractivity contribution in [3.63, 3.8) is 0 Å². The van der Waals surface area contributed by atoms with Crippen LogP contribution in [0.2, 0.25) is 0 Å². The molecule has 3 aliphatic carbocycles. The third kappa shape index (κ3) is 1.69. The Balaban J connectivity index is 1.67. The predicted molar refractivity (Wildman–Crippen MR) is 88.4 cm³/mol. The van der Waals surface area contributed by atoms with Crippen LogP contribution in [0.15, 0.2) is 12.7 Å². The monoisotopic (exact) mass is 304 g/mol. The van der Waals surface area contributed by atoms with Gasteiger partial charge in [0.2, 0.25) is 0 Å². The van der Waals surface area contributed by atoms with Gasteiger partial charge in [0.15, 0.2) is 6.29 Å². The maximum atomic E-state index is 6.55. The van der Waals surface area contributed by atoms with E-state index < -0.39 is 0 Å². The van der Waals surface area contributed by atoms with Crippen molar-refractivity contribution in [2.75, 3.05) is 0 Å². The van der Waals surface area contributed by atoms with Gasteiger partial charge in [-0.1, -0.05) is 26.8 Å². The lowest BCUT2D eigenvalue weighted by molar-refractivity contribution is -0.122. The molecule has 2 nitrogen and oxygen atoms in total. The zero-order chi connectivity index (χ0) is 15.8. The van der Waals surface area contributed by atoms with Gasteiger partial charge in [0.1, 0.15) is 0 Å². The van der Waals surface area contributed by atoms with Gasteiger partial charge in [-0.15, -0.1) is 6.58 Å². The van der Waals surface area contributed by atoms with Crippen molar-refractivity contribution in [2.45, 2.75) is 84.2 Å². The second-order valence-electron chi connectivity index (χ2n) is 9.27. The number of allylic oxidation sites excluding steroid dienone is 1. The molecular formula is C20H32O2. The number of rotatable bonds is 3. The Morgan fingerprint density at radius 3 is 2.64 bits per heavy atom. The van der Waals surface area contributed by atoms with Crippen molar-refractivity contribution in [3.8, 4) is 0 Å². The van der Waals surface area contributed by atoms with Gasteiger partial charge in [0.25, 0.3) is 0 Å². The molecule has 2 bridgehead atoms. The zero-order valence-electron chi connectivity index (χ0n) is 14.7. The molecule has 4 rings (SSSR count). The van der Waals surface area contributed by atoms with E-state index in [9.17, 15) is 0 Å². The lowest BCUT2D eigenvalue weighted by Gasteiger charge is -2.47. The van der Waals surface area contributed by atoms with Crippen molar-refractivity contribution in [1.82, 2.24) is 0 Å². The molecule has 1 saturated heterocycles. The fourth-order valence-corrected chi connectivity index (χ4v) is 7.03. The Hall–Kier alpha value is -0.340. The normalized spacial score (nSPS) is 55.0. The van der Waals surface area contributed by atoms with Crippen LogP contribution in [0, 0.1) is 28.6 Å². The third-order valence-corrected chi connectivity index (χ3v) is 8.15. The van der Waals surface area contributed by atoms with Crippen molar-refractivity contribution in [2.24, 2.45) is 28.6 Å². The average molecular weight is 304 g/mol. The van der Waals surface area contributed by atoms with Gasteiger partial charge >= 0.3 is 0 Å². The highest BCUT2D eigenvalue weighted by Gasteiger charge is 2.73. The first kappa shape index (κ1) is 15.2. The molecule has 0 N–H and O–H groups in total. The summed E-state index contributed by atoms with van der Waals surface area (Å²) in [7, 11) is 0. The number of hydrogen-bond donors (Lipinski definition) is 0. The Kier molecular flexibility index (Phi) is 3.18. The molecule has 124 valence electrons. The Morgan fingerprint density at radius 1 is 1.14 bits per heavy atom. The Labute approximate surface area is 135 Å². The summed E-state index contributed by atoms with van der Waals surface area (Å²) in [5.74, 6) is 2.35. The van der Waals surface area contributed by atoms with E-state index in [0.717, 1.165) is 24.7 Å². The maximum absolute atomic E-state index is 6.55. The summed E-state index contributed by atoms with van der Waals surface area (Å²) in [6, 6.07) is 0. The van der Waals surface area contributed by atoms with Crippen LogP contribution in [0.5, 0.6) is 0 Å². The van der Waals surface area contributed by atoms with Crippen LogP contribution in [0.25, 0.3) is 0 Å². The van der Waals surface area contributed by atoms with Gasteiger partial charge in [-0.3, -0.25) is 0 Å². The summed E-state index contributed by atoms with van der Waals surface area (Å²) in [6.07, 6.45) is 9.58. The van der Waals surface area contributed by atoms with Crippen LogP contribution >= 0.6 is 0 Å². The summed E-state index contributed by atoms with van der Waals surface area (Å²) in [5.41, 5.74) is 0.824. The fourth-order valence-electron chi connectivity index (χ4n) is 7.03. The van der Waals surface area contributed by atoms with E-state index in [0.29, 0.717) is 22.9 Å². The SMILES string of the molecule is C=CCCC1OC2CC34CC(C(C)(C)C3CCC4C)C2(C)O1. The molecule has 7 atom stereocenters. The van der Waals surface area contributed by atoms with Crippen LogP contribution in [0.4, 0.5) is 0 Å². The lowest BCUT2D eigenvalue weighted by atomic mass is 9.63. The van der Waals surface area contributed by atoms with Gasteiger partial charge in [0, 0.05) is 6.42 Å². The number of hydrogen-bond acceptors (Lipinski definition) is 2. The molecular weight excluding hydrogens is 272 g/mol.